The van der Waals surface area contributed by atoms with Gasteiger partial charge in [0.25, 0.3) is 0 Å². The highest BCUT2D eigenvalue weighted by atomic mass is 16.5. The van der Waals surface area contributed by atoms with Crippen LogP contribution >= 0.6 is 0 Å². The predicted molar refractivity (Wildman–Crippen MR) is 66.2 cm³/mol. The molecule has 1 aliphatic rings. The van der Waals surface area contributed by atoms with Crippen molar-refractivity contribution in [2.75, 3.05) is 32.8 Å². The average Bonchev–Trinajstić information content (AvgIpc) is 2.35. The fourth-order valence-corrected chi connectivity index (χ4v) is 1.84. The molecule has 0 radical (unpaired) electrons. The van der Waals surface area contributed by atoms with Gasteiger partial charge in [0.1, 0.15) is 0 Å². The number of ether oxygens (including phenoxy) is 1. The third-order valence-electron chi connectivity index (χ3n) is 2.70. The number of hydrazine groups is 1. The van der Waals surface area contributed by atoms with Crippen molar-refractivity contribution < 1.29 is 4.74 Å². The first-order chi connectivity index (χ1) is 7.88. The fraction of sp³-hybridized carbons (Fsp3) is 0.909. The summed E-state index contributed by atoms with van der Waals surface area (Å²) in [6.07, 6.45) is 4.74. The molecule has 0 aromatic rings. The van der Waals surface area contributed by atoms with Crippen molar-refractivity contribution in [2.45, 2.75) is 32.6 Å². The molecule has 1 heterocycles. The van der Waals surface area contributed by atoms with E-state index in [0.717, 1.165) is 45.2 Å². The number of nitrogens with zero attached hydrogens (tertiary/aromatic N) is 2. The van der Waals surface area contributed by atoms with Crippen LogP contribution < -0.4 is 11.3 Å². The summed E-state index contributed by atoms with van der Waals surface area (Å²) < 4.78 is 5.26. The molecule has 0 atom stereocenters. The van der Waals surface area contributed by atoms with Crippen LogP contribution in [-0.4, -0.2) is 43.7 Å². The summed E-state index contributed by atoms with van der Waals surface area (Å²) in [6.45, 7) is 6.46. The highest BCUT2D eigenvalue weighted by molar-refractivity contribution is 5.79. The molecule has 3 N–H and O–H groups in total. The Hall–Kier alpha value is -0.810. The standard InChI is InChI=1S/C11H24N4O/c1-2-16-10-6-7-13-11(14-12)15-8-4-3-5-9-15/h2-10,12H2,1H3,(H,13,14). The van der Waals surface area contributed by atoms with Gasteiger partial charge < -0.3 is 9.64 Å². The van der Waals surface area contributed by atoms with Crippen LogP contribution in [0.1, 0.15) is 32.6 Å². The Bertz CT molecular complexity index is 202. The number of nitrogens with two attached hydrogens (primary N) is 1. The molecule has 0 aliphatic carbocycles. The molecule has 1 saturated heterocycles. The first-order valence-electron chi connectivity index (χ1n) is 6.22. The number of aliphatic imine (C=N–C) groups is 1. The van der Waals surface area contributed by atoms with E-state index in [2.05, 4.69) is 15.3 Å². The molecule has 0 aromatic heterocycles. The number of rotatable bonds is 5. The monoisotopic (exact) mass is 228 g/mol. The Morgan fingerprint density at radius 3 is 2.75 bits per heavy atom. The molecule has 0 bridgehead atoms. The summed E-state index contributed by atoms with van der Waals surface area (Å²) >= 11 is 0. The van der Waals surface area contributed by atoms with Gasteiger partial charge in [-0.05, 0) is 32.6 Å². The van der Waals surface area contributed by atoms with E-state index in [4.69, 9.17) is 10.6 Å². The van der Waals surface area contributed by atoms with Gasteiger partial charge in [-0.15, -0.1) is 0 Å². The Morgan fingerprint density at radius 2 is 2.12 bits per heavy atom. The van der Waals surface area contributed by atoms with Gasteiger partial charge in [0.15, 0.2) is 0 Å². The minimum absolute atomic E-state index is 0.774. The van der Waals surface area contributed by atoms with E-state index in [1.165, 1.54) is 19.3 Å². The zero-order valence-electron chi connectivity index (χ0n) is 10.2. The second kappa shape index (κ2) is 8.35. The van der Waals surface area contributed by atoms with Crippen LogP contribution in [0.15, 0.2) is 4.99 Å². The van der Waals surface area contributed by atoms with Gasteiger partial charge in [-0.25, -0.2) is 5.84 Å². The van der Waals surface area contributed by atoms with Crippen molar-refractivity contribution in [2.24, 2.45) is 10.8 Å². The van der Waals surface area contributed by atoms with Crippen molar-refractivity contribution in [1.29, 1.82) is 0 Å². The van der Waals surface area contributed by atoms with E-state index in [0.29, 0.717) is 0 Å². The number of nitrogens with one attached hydrogen (secondary N) is 1. The number of guanidine groups is 1. The third-order valence-corrected chi connectivity index (χ3v) is 2.70. The van der Waals surface area contributed by atoms with Crippen molar-refractivity contribution >= 4 is 5.96 Å². The summed E-state index contributed by atoms with van der Waals surface area (Å²) in [6, 6.07) is 0. The molecule has 1 aliphatic heterocycles. The maximum absolute atomic E-state index is 5.49. The quantitative estimate of drug-likeness (QED) is 0.239. The van der Waals surface area contributed by atoms with Crippen molar-refractivity contribution in [3.8, 4) is 0 Å². The van der Waals surface area contributed by atoms with Gasteiger partial charge in [-0.2, -0.15) is 0 Å². The topological polar surface area (TPSA) is 62.9 Å². The van der Waals surface area contributed by atoms with Crippen LogP contribution in [0, 0.1) is 0 Å². The van der Waals surface area contributed by atoms with Crippen molar-refractivity contribution in [1.82, 2.24) is 10.3 Å². The average molecular weight is 228 g/mol. The number of piperidine rings is 1. The van der Waals surface area contributed by atoms with Gasteiger partial charge in [0.2, 0.25) is 5.96 Å². The SMILES string of the molecule is CCOCCCN=C(NN)N1CCCCC1. The van der Waals surface area contributed by atoms with Crippen LogP contribution in [0.25, 0.3) is 0 Å². The Balaban J connectivity index is 2.25. The van der Waals surface area contributed by atoms with E-state index in [9.17, 15) is 0 Å². The lowest BCUT2D eigenvalue weighted by molar-refractivity contribution is 0.146. The van der Waals surface area contributed by atoms with Gasteiger partial charge in [-0.3, -0.25) is 10.4 Å². The maximum atomic E-state index is 5.49. The second-order valence-electron chi connectivity index (χ2n) is 3.95. The summed E-state index contributed by atoms with van der Waals surface area (Å²) in [5, 5.41) is 0. The zero-order chi connectivity index (χ0) is 11.6. The van der Waals surface area contributed by atoms with Gasteiger partial charge >= 0.3 is 0 Å². The smallest absolute Gasteiger partial charge is 0.208 e. The molecule has 0 amide bonds. The van der Waals surface area contributed by atoms with Crippen molar-refractivity contribution in [3.63, 3.8) is 0 Å². The minimum Gasteiger partial charge on any atom is -0.382 e. The summed E-state index contributed by atoms with van der Waals surface area (Å²) in [4.78, 5) is 6.69. The van der Waals surface area contributed by atoms with E-state index in [-0.39, 0.29) is 0 Å². The van der Waals surface area contributed by atoms with Crippen LogP contribution in [0.3, 0.4) is 0 Å². The normalized spacial score (nSPS) is 17.6. The van der Waals surface area contributed by atoms with E-state index < -0.39 is 0 Å². The predicted octanol–water partition coefficient (Wildman–Crippen LogP) is 0.718. The van der Waals surface area contributed by atoms with E-state index >= 15 is 0 Å². The largest absolute Gasteiger partial charge is 0.382 e. The molecular formula is C11H24N4O. The number of hydrogen-bond donors (Lipinski definition) is 2. The first-order valence-corrected chi connectivity index (χ1v) is 6.22. The third kappa shape index (κ3) is 4.81. The Kier molecular flexibility index (Phi) is 6.92. The number of likely N-dealkylation sites (tertiary alicyclic amines) is 1. The lowest BCUT2D eigenvalue weighted by Crippen LogP contribution is -2.47. The van der Waals surface area contributed by atoms with E-state index in [1.54, 1.807) is 0 Å². The van der Waals surface area contributed by atoms with Crippen LogP contribution in [0.4, 0.5) is 0 Å². The number of hydrogen-bond acceptors (Lipinski definition) is 3. The van der Waals surface area contributed by atoms with Crippen LogP contribution in [0.5, 0.6) is 0 Å². The molecule has 0 unspecified atom stereocenters. The Morgan fingerprint density at radius 1 is 1.38 bits per heavy atom. The summed E-state index contributed by atoms with van der Waals surface area (Å²) in [5.74, 6) is 6.32. The molecule has 0 saturated carbocycles. The Labute approximate surface area is 98.0 Å². The van der Waals surface area contributed by atoms with Crippen LogP contribution in [-0.2, 0) is 4.74 Å². The molecule has 5 nitrogen and oxygen atoms in total. The van der Waals surface area contributed by atoms with Crippen molar-refractivity contribution in [3.05, 3.63) is 0 Å². The highest BCUT2D eigenvalue weighted by Crippen LogP contribution is 2.08. The zero-order valence-corrected chi connectivity index (χ0v) is 10.2. The minimum atomic E-state index is 0.774. The van der Waals surface area contributed by atoms with Gasteiger partial charge in [0, 0.05) is 32.8 Å². The highest BCUT2D eigenvalue weighted by Gasteiger charge is 2.13. The first kappa shape index (κ1) is 13.3. The fourth-order valence-electron chi connectivity index (χ4n) is 1.84. The summed E-state index contributed by atoms with van der Waals surface area (Å²) in [5.41, 5.74) is 2.70. The molecular weight excluding hydrogens is 204 g/mol. The van der Waals surface area contributed by atoms with Gasteiger partial charge in [-0.1, -0.05) is 0 Å². The molecule has 5 heteroatoms. The molecule has 1 fully saturated rings. The lowest BCUT2D eigenvalue weighted by Gasteiger charge is -2.29. The molecule has 0 spiro atoms. The van der Waals surface area contributed by atoms with E-state index in [1.807, 2.05) is 6.92 Å². The van der Waals surface area contributed by atoms with Crippen LogP contribution in [0.2, 0.25) is 0 Å². The lowest BCUT2D eigenvalue weighted by atomic mass is 10.1. The summed E-state index contributed by atoms with van der Waals surface area (Å²) in [7, 11) is 0. The molecule has 1 rings (SSSR count). The molecule has 16 heavy (non-hydrogen) atoms. The van der Waals surface area contributed by atoms with Gasteiger partial charge in [0.05, 0.1) is 0 Å². The molecule has 94 valence electrons. The molecule has 0 aromatic carbocycles. The second-order valence-corrected chi connectivity index (χ2v) is 3.95. The maximum Gasteiger partial charge on any atom is 0.208 e.